The van der Waals surface area contributed by atoms with Crippen molar-refractivity contribution >= 4 is 35.0 Å². The molecule has 0 aliphatic rings. The van der Waals surface area contributed by atoms with Crippen molar-refractivity contribution in [2.45, 2.75) is 16.7 Å². The quantitative estimate of drug-likeness (QED) is 0.677. The van der Waals surface area contributed by atoms with Crippen LogP contribution in [0.3, 0.4) is 0 Å². The fraction of sp³-hybridized carbons (Fsp3) is 0.133. The smallest absolute Gasteiger partial charge is 0.339 e. The van der Waals surface area contributed by atoms with Crippen molar-refractivity contribution in [1.29, 1.82) is 0 Å². The Balaban J connectivity index is 2.42. The molecule has 0 bridgehead atoms. The zero-order valence-electron chi connectivity index (χ0n) is 10.9. The largest absolute Gasteiger partial charge is 0.462 e. The van der Waals surface area contributed by atoms with Crippen LogP contribution in [0, 0.1) is 0 Å². The Hall–Kier alpha value is -1.65. The number of ether oxygens (including phenoxy) is 1. The van der Waals surface area contributed by atoms with E-state index in [0.717, 1.165) is 4.90 Å². The normalized spacial score (nSPS) is 10.3. The van der Waals surface area contributed by atoms with Gasteiger partial charge in [0.1, 0.15) is 0 Å². The fourth-order valence-electron chi connectivity index (χ4n) is 1.68. The Morgan fingerprint density at radius 3 is 2.65 bits per heavy atom. The van der Waals surface area contributed by atoms with Crippen molar-refractivity contribution in [2.75, 3.05) is 12.3 Å². The van der Waals surface area contributed by atoms with E-state index in [-0.39, 0.29) is 0 Å². The Bertz CT molecular complexity index is 617. The van der Waals surface area contributed by atoms with Gasteiger partial charge in [-0.2, -0.15) is 0 Å². The number of nitrogen functional groups attached to an aromatic ring is 1. The van der Waals surface area contributed by atoms with E-state index in [1.54, 1.807) is 19.1 Å². The van der Waals surface area contributed by atoms with Crippen LogP contribution >= 0.6 is 23.4 Å². The van der Waals surface area contributed by atoms with Gasteiger partial charge in [-0.05, 0) is 31.2 Å². The highest BCUT2D eigenvalue weighted by Gasteiger charge is 2.17. The lowest BCUT2D eigenvalue weighted by atomic mass is 10.2. The van der Waals surface area contributed by atoms with Gasteiger partial charge in [-0.3, -0.25) is 0 Å². The van der Waals surface area contributed by atoms with E-state index in [1.165, 1.54) is 11.8 Å². The number of rotatable bonds is 4. The van der Waals surface area contributed by atoms with Crippen LogP contribution in [0.15, 0.2) is 52.3 Å². The van der Waals surface area contributed by atoms with E-state index in [4.69, 9.17) is 22.1 Å². The van der Waals surface area contributed by atoms with E-state index in [1.807, 2.05) is 30.3 Å². The van der Waals surface area contributed by atoms with Gasteiger partial charge in [0.05, 0.1) is 17.2 Å². The molecule has 3 nitrogen and oxygen atoms in total. The lowest BCUT2D eigenvalue weighted by Gasteiger charge is -2.11. The summed E-state index contributed by atoms with van der Waals surface area (Å²) >= 11 is 7.64. The van der Waals surface area contributed by atoms with Crippen LogP contribution in [0.5, 0.6) is 0 Å². The zero-order chi connectivity index (χ0) is 14.5. The molecule has 0 unspecified atom stereocenters. The second kappa shape index (κ2) is 6.68. The molecule has 0 aliphatic carbocycles. The number of nitrogens with two attached hydrogens (primary N) is 1. The lowest BCUT2D eigenvalue weighted by molar-refractivity contribution is 0.0522. The van der Waals surface area contributed by atoms with Gasteiger partial charge in [-0.15, -0.1) is 0 Å². The topological polar surface area (TPSA) is 52.3 Å². The highest BCUT2D eigenvalue weighted by Crippen LogP contribution is 2.37. The SMILES string of the molecule is CCOC(=O)c1cc(N)cc(Cl)c1Sc1ccccc1. The first-order valence-corrected chi connectivity index (χ1v) is 7.30. The molecule has 0 atom stereocenters. The summed E-state index contributed by atoms with van der Waals surface area (Å²) < 4.78 is 5.05. The average Bonchev–Trinajstić information content (AvgIpc) is 2.43. The molecule has 0 heterocycles. The second-order valence-corrected chi connectivity index (χ2v) is 5.51. The summed E-state index contributed by atoms with van der Waals surface area (Å²) in [7, 11) is 0. The molecule has 0 spiro atoms. The Morgan fingerprint density at radius 2 is 2.00 bits per heavy atom. The molecule has 20 heavy (non-hydrogen) atoms. The van der Waals surface area contributed by atoms with Crippen molar-refractivity contribution in [1.82, 2.24) is 0 Å². The van der Waals surface area contributed by atoms with Crippen molar-refractivity contribution in [3.8, 4) is 0 Å². The number of anilines is 1. The number of hydrogen-bond acceptors (Lipinski definition) is 4. The lowest BCUT2D eigenvalue weighted by Crippen LogP contribution is -2.07. The molecule has 2 rings (SSSR count). The third-order valence-electron chi connectivity index (χ3n) is 2.52. The highest BCUT2D eigenvalue weighted by molar-refractivity contribution is 7.99. The maximum absolute atomic E-state index is 12.0. The average molecular weight is 308 g/mol. The maximum atomic E-state index is 12.0. The van der Waals surface area contributed by atoms with Gasteiger partial charge in [0.2, 0.25) is 0 Å². The van der Waals surface area contributed by atoms with Crippen LogP contribution in [0.1, 0.15) is 17.3 Å². The van der Waals surface area contributed by atoms with Crippen LogP contribution in [0.2, 0.25) is 5.02 Å². The van der Waals surface area contributed by atoms with Gasteiger partial charge in [0.25, 0.3) is 0 Å². The Morgan fingerprint density at radius 1 is 1.30 bits per heavy atom. The Labute approximate surface area is 127 Å². The van der Waals surface area contributed by atoms with Gasteiger partial charge in [0.15, 0.2) is 0 Å². The predicted octanol–water partition coefficient (Wildman–Crippen LogP) is 4.25. The maximum Gasteiger partial charge on any atom is 0.339 e. The summed E-state index contributed by atoms with van der Waals surface area (Å²) in [4.78, 5) is 13.7. The van der Waals surface area contributed by atoms with Gasteiger partial charge < -0.3 is 10.5 Å². The minimum atomic E-state index is -0.417. The summed E-state index contributed by atoms with van der Waals surface area (Å²) in [6.45, 7) is 2.07. The number of hydrogen-bond donors (Lipinski definition) is 1. The molecule has 2 aromatic rings. The summed E-state index contributed by atoms with van der Waals surface area (Å²) in [6.07, 6.45) is 0. The summed E-state index contributed by atoms with van der Waals surface area (Å²) in [5.74, 6) is -0.417. The first kappa shape index (κ1) is 14.8. The van der Waals surface area contributed by atoms with Gasteiger partial charge >= 0.3 is 5.97 Å². The number of carbonyl (C=O) groups excluding carboxylic acids is 1. The van der Waals surface area contributed by atoms with Crippen LogP contribution < -0.4 is 5.73 Å². The van der Waals surface area contributed by atoms with Crippen molar-refractivity contribution in [3.63, 3.8) is 0 Å². The van der Waals surface area contributed by atoms with E-state index < -0.39 is 5.97 Å². The van der Waals surface area contributed by atoms with E-state index >= 15 is 0 Å². The van der Waals surface area contributed by atoms with Crippen molar-refractivity contribution in [2.24, 2.45) is 0 Å². The number of halogens is 1. The number of carbonyl (C=O) groups is 1. The molecule has 0 radical (unpaired) electrons. The molecular weight excluding hydrogens is 294 g/mol. The van der Waals surface area contributed by atoms with E-state index in [2.05, 4.69) is 0 Å². The molecule has 0 saturated heterocycles. The first-order valence-electron chi connectivity index (χ1n) is 6.11. The molecule has 5 heteroatoms. The van der Waals surface area contributed by atoms with Gasteiger partial charge in [-0.25, -0.2) is 4.79 Å². The number of esters is 1. The molecule has 0 aromatic heterocycles. The third-order valence-corrected chi connectivity index (χ3v) is 4.09. The molecule has 2 N–H and O–H groups in total. The molecule has 0 fully saturated rings. The van der Waals surface area contributed by atoms with Gasteiger partial charge in [-0.1, -0.05) is 41.6 Å². The molecular formula is C15H14ClNO2S. The Kier molecular flexibility index (Phi) is 4.93. The minimum absolute atomic E-state index is 0.306. The predicted molar refractivity (Wildman–Crippen MR) is 82.4 cm³/mol. The van der Waals surface area contributed by atoms with E-state index in [0.29, 0.717) is 27.8 Å². The molecule has 0 amide bonds. The molecule has 104 valence electrons. The van der Waals surface area contributed by atoms with E-state index in [9.17, 15) is 4.79 Å². The van der Waals surface area contributed by atoms with Crippen LogP contribution in [-0.4, -0.2) is 12.6 Å². The third kappa shape index (κ3) is 3.46. The number of benzene rings is 2. The summed E-state index contributed by atoms with van der Waals surface area (Å²) in [5, 5.41) is 0.446. The molecule has 0 saturated carbocycles. The standard InChI is InChI=1S/C15H14ClNO2S/c1-2-19-15(18)12-8-10(17)9-13(16)14(12)20-11-6-4-3-5-7-11/h3-9H,2,17H2,1H3. The van der Waals surface area contributed by atoms with Crippen LogP contribution in [0.4, 0.5) is 5.69 Å². The molecule has 2 aromatic carbocycles. The van der Waals surface area contributed by atoms with Gasteiger partial charge in [0, 0.05) is 15.5 Å². The highest BCUT2D eigenvalue weighted by atomic mass is 35.5. The van der Waals surface area contributed by atoms with Crippen LogP contribution in [0.25, 0.3) is 0 Å². The molecule has 0 aliphatic heterocycles. The summed E-state index contributed by atoms with van der Waals surface area (Å²) in [5.41, 5.74) is 6.59. The second-order valence-electron chi connectivity index (χ2n) is 4.01. The van der Waals surface area contributed by atoms with Crippen molar-refractivity contribution in [3.05, 3.63) is 53.1 Å². The summed E-state index contributed by atoms with van der Waals surface area (Å²) in [6, 6.07) is 12.9. The fourth-order valence-corrected chi connectivity index (χ4v) is 2.97. The monoisotopic (exact) mass is 307 g/mol. The van der Waals surface area contributed by atoms with Crippen LogP contribution in [-0.2, 0) is 4.74 Å². The van der Waals surface area contributed by atoms with Crippen molar-refractivity contribution < 1.29 is 9.53 Å². The first-order chi connectivity index (χ1) is 9.61. The zero-order valence-corrected chi connectivity index (χ0v) is 12.5. The minimum Gasteiger partial charge on any atom is -0.462 e.